The molecule has 0 fully saturated rings. The third kappa shape index (κ3) is 540. The summed E-state index contributed by atoms with van der Waals surface area (Å²) in [6.07, 6.45) is 3.25. The highest BCUT2D eigenvalue weighted by Crippen LogP contribution is 1.47. The van der Waals surface area contributed by atoms with E-state index in [9.17, 15) is 0 Å². The lowest BCUT2D eigenvalue weighted by atomic mass is 11.0. The van der Waals surface area contributed by atoms with E-state index in [2.05, 4.69) is 23.8 Å². The number of hydrogen-bond acceptors (Lipinski definition) is 3. The van der Waals surface area contributed by atoms with Gasteiger partial charge in [0, 0.05) is 14.1 Å². The Kier molecular flexibility index (Phi) is 32.3. The van der Waals surface area contributed by atoms with Crippen LogP contribution in [0.4, 0.5) is 0 Å². The summed E-state index contributed by atoms with van der Waals surface area (Å²) in [6.45, 7) is 6.74. The number of rotatable bonds is 2. The molecule has 0 rings (SSSR count). The van der Waals surface area contributed by atoms with Crippen molar-refractivity contribution in [1.82, 2.24) is 15.5 Å². The van der Waals surface area contributed by atoms with Crippen LogP contribution in [0.15, 0.2) is 25.6 Å². The second-order valence-corrected chi connectivity index (χ2v) is 2.33. The van der Waals surface area contributed by atoms with Gasteiger partial charge in [-0.2, -0.15) is 0 Å². The van der Waals surface area contributed by atoms with E-state index in [4.69, 9.17) is 0 Å². The van der Waals surface area contributed by atoms with Crippen molar-refractivity contribution < 1.29 is 0 Å². The Morgan fingerprint density at radius 3 is 1.00 bits per heavy atom. The third-order valence-electron chi connectivity index (χ3n) is 0.408. The second-order valence-electron chi connectivity index (χ2n) is 2.33. The van der Waals surface area contributed by atoms with E-state index >= 15 is 0 Å². The fraction of sp³-hybridized carbons (Fsp3) is 0.556. The minimum Gasteiger partial charge on any atom is -0.394 e. The summed E-state index contributed by atoms with van der Waals surface area (Å²) in [7, 11) is 9.62. The van der Waals surface area contributed by atoms with E-state index in [1.54, 1.807) is 12.4 Å². The van der Waals surface area contributed by atoms with Gasteiger partial charge in [0.05, 0.1) is 0 Å². The maximum atomic E-state index is 3.37. The Hall–Kier alpha value is -0.960. The Morgan fingerprint density at radius 2 is 1.00 bits per heavy atom. The van der Waals surface area contributed by atoms with E-state index in [-0.39, 0.29) is 0 Å². The molecule has 0 unspecified atom stereocenters. The molecule has 3 nitrogen and oxygen atoms in total. The van der Waals surface area contributed by atoms with E-state index in [1.807, 2.05) is 40.1 Å². The van der Waals surface area contributed by atoms with E-state index in [0.29, 0.717) is 0 Å². The summed E-state index contributed by atoms with van der Waals surface area (Å²) in [4.78, 5) is 2.00. The van der Waals surface area contributed by atoms with Crippen molar-refractivity contribution in [3.05, 3.63) is 25.6 Å². The molecule has 0 aliphatic rings. The number of hydrogen-bond donors (Lipinski definition) is 2. The molecule has 0 radical (unpaired) electrons. The molecule has 0 aliphatic carbocycles. The Labute approximate surface area is 77.2 Å². The first-order valence-electron chi connectivity index (χ1n) is 3.74. The van der Waals surface area contributed by atoms with Crippen LogP contribution >= 0.6 is 0 Å². The lowest BCUT2D eigenvalue weighted by Gasteiger charge is -1.90. The van der Waals surface area contributed by atoms with Gasteiger partial charge in [0.1, 0.15) is 0 Å². The maximum Gasteiger partial charge on any atom is 0.00275 e. The molecule has 0 aromatic rings. The largest absolute Gasteiger partial charge is 0.394 e. The molecular formula is C9H23N3. The van der Waals surface area contributed by atoms with Crippen LogP contribution in [0.3, 0.4) is 0 Å². The van der Waals surface area contributed by atoms with Crippen LogP contribution in [-0.2, 0) is 0 Å². The van der Waals surface area contributed by atoms with Gasteiger partial charge >= 0.3 is 0 Å². The molecule has 0 heterocycles. The van der Waals surface area contributed by atoms with Gasteiger partial charge in [-0.3, -0.25) is 0 Å². The van der Waals surface area contributed by atoms with Crippen LogP contribution in [-0.4, -0.2) is 40.1 Å². The van der Waals surface area contributed by atoms with Crippen LogP contribution in [0.1, 0.15) is 0 Å². The van der Waals surface area contributed by atoms with Crippen molar-refractivity contribution >= 4 is 0 Å². The Bertz CT molecular complexity index is 69.1. The van der Waals surface area contributed by atoms with Gasteiger partial charge in [0.25, 0.3) is 0 Å². The first-order chi connectivity index (χ1) is 5.56. The monoisotopic (exact) mass is 173 g/mol. The van der Waals surface area contributed by atoms with E-state index in [1.165, 1.54) is 0 Å². The SMILES string of the molecule is C=CNC.C=CNC.CN(C)C. The van der Waals surface area contributed by atoms with Crippen molar-refractivity contribution in [2.24, 2.45) is 0 Å². The molecule has 0 aliphatic heterocycles. The minimum atomic E-state index is 1.62. The predicted octanol–water partition coefficient (Wildman–Crippen LogP) is 0.876. The van der Waals surface area contributed by atoms with Crippen molar-refractivity contribution in [3.8, 4) is 0 Å². The predicted molar refractivity (Wildman–Crippen MR) is 58.1 cm³/mol. The number of nitrogens with zero attached hydrogens (tertiary/aromatic N) is 1. The molecule has 3 heteroatoms. The van der Waals surface area contributed by atoms with Gasteiger partial charge in [-0.15, -0.1) is 0 Å². The van der Waals surface area contributed by atoms with Gasteiger partial charge < -0.3 is 15.5 Å². The highest BCUT2D eigenvalue weighted by Gasteiger charge is 1.58. The molecule has 0 amide bonds. The summed E-state index contributed by atoms with van der Waals surface area (Å²) in [5.41, 5.74) is 0. The third-order valence-corrected chi connectivity index (χ3v) is 0.408. The fourth-order valence-electron chi connectivity index (χ4n) is 0. The highest BCUT2D eigenvalue weighted by atomic mass is 15.0. The Balaban J connectivity index is -0.000000101. The summed E-state index contributed by atoms with van der Waals surface area (Å²) in [6, 6.07) is 0. The van der Waals surface area contributed by atoms with Gasteiger partial charge in [-0.05, 0) is 33.5 Å². The highest BCUT2D eigenvalue weighted by molar-refractivity contribution is 4.55. The standard InChI is InChI=1S/C3H9N.2C3H7N/c1-4(2)3;2*1-3-4-2/h1-3H3;2*3-4H,1H2,2H3. The van der Waals surface area contributed by atoms with Crippen molar-refractivity contribution in [1.29, 1.82) is 0 Å². The minimum absolute atomic E-state index is 1.62. The smallest absolute Gasteiger partial charge is 0.00275 e. The molecule has 0 bridgehead atoms. The molecule has 12 heavy (non-hydrogen) atoms. The first kappa shape index (κ1) is 17.2. The van der Waals surface area contributed by atoms with Gasteiger partial charge in [-0.25, -0.2) is 0 Å². The summed E-state index contributed by atoms with van der Waals surface area (Å²) >= 11 is 0. The normalized spacial score (nSPS) is 6.50. The van der Waals surface area contributed by atoms with Crippen LogP contribution in [0.25, 0.3) is 0 Å². The average molecular weight is 173 g/mol. The molecule has 74 valence electrons. The molecule has 0 saturated heterocycles. The topological polar surface area (TPSA) is 27.3 Å². The number of nitrogens with one attached hydrogen (secondary N) is 2. The summed E-state index contributed by atoms with van der Waals surface area (Å²) in [5, 5.41) is 5.39. The van der Waals surface area contributed by atoms with Crippen molar-refractivity contribution in [2.45, 2.75) is 0 Å². The molecule has 0 aromatic carbocycles. The van der Waals surface area contributed by atoms with Crippen LogP contribution in [0, 0.1) is 0 Å². The summed E-state index contributed by atoms with van der Waals surface area (Å²) < 4.78 is 0. The molecule has 0 spiro atoms. The van der Waals surface area contributed by atoms with Gasteiger partial charge in [0.15, 0.2) is 0 Å². The zero-order valence-electron chi connectivity index (χ0n) is 9.02. The lowest BCUT2D eigenvalue weighted by Crippen LogP contribution is -1.99. The van der Waals surface area contributed by atoms with Crippen LogP contribution < -0.4 is 10.6 Å². The Morgan fingerprint density at radius 1 is 0.917 bits per heavy atom. The molecule has 0 aromatic heterocycles. The van der Waals surface area contributed by atoms with Crippen LogP contribution in [0.2, 0.25) is 0 Å². The maximum absolute atomic E-state index is 3.37. The van der Waals surface area contributed by atoms with E-state index < -0.39 is 0 Å². The average Bonchev–Trinajstić information content (AvgIpc) is 2.03. The second kappa shape index (κ2) is 22.5. The van der Waals surface area contributed by atoms with Crippen LogP contribution in [0.5, 0.6) is 0 Å². The van der Waals surface area contributed by atoms with E-state index in [0.717, 1.165) is 0 Å². The quantitative estimate of drug-likeness (QED) is 0.649. The molecule has 0 atom stereocenters. The lowest BCUT2D eigenvalue weighted by molar-refractivity contribution is 0.505. The zero-order valence-corrected chi connectivity index (χ0v) is 9.02. The van der Waals surface area contributed by atoms with Gasteiger partial charge in [0.2, 0.25) is 0 Å². The zero-order chi connectivity index (χ0) is 10.4. The molecular weight excluding hydrogens is 150 g/mol. The fourth-order valence-corrected chi connectivity index (χ4v) is 0. The molecule has 0 saturated carbocycles. The van der Waals surface area contributed by atoms with Gasteiger partial charge in [-0.1, -0.05) is 13.2 Å². The summed E-state index contributed by atoms with van der Waals surface area (Å²) in [5.74, 6) is 0. The van der Waals surface area contributed by atoms with Crippen molar-refractivity contribution in [2.75, 3.05) is 35.2 Å². The van der Waals surface area contributed by atoms with Crippen molar-refractivity contribution in [3.63, 3.8) is 0 Å². The molecule has 2 N–H and O–H groups in total. The first-order valence-corrected chi connectivity index (χ1v) is 3.74.